The number of rotatable bonds is 6. The van der Waals surface area contributed by atoms with Gasteiger partial charge in [-0.2, -0.15) is 12.2 Å². The van der Waals surface area contributed by atoms with E-state index >= 15 is 0 Å². The summed E-state index contributed by atoms with van der Waals surface area (Å²) in [6.07, 6.45) is 22.7. The van der Waals surface area contributed by atoms with Gasteiger partial charge in [0.15, 0.2) is 0 Å². The van der Waals surface area contributed by atoms with E-state index in [0.717, 1.165) is 24.7 Å². The minimum absolute atomic E-state index is 0. The van der Waals surface area contributed by atoms with Gasteiger partial charge in [-0.05, 0) is 12.8 Å². The molecule has 0 aromatic rings. The van der Waals surface area contributed by atoms with Crippen LogP contribution < -0.4 is 34.0 Å². The molecule has 2 unspecified atom stereocenters. The van der Waals surface area contributed by atoms with Crippen LogP contribution in [-0.4, -0.2) is 0 Å². The Kier molecular flexibility index (Phi) is 21.9. The minimum Gasteiger partial charge on any atom is -1.00 e. The summed E-state index contributed by atoms with van der Waals surface area (Å²) in [6, 6.07) is 0. The maximum atomic E-state index is 3.35. The number of allylic oxidation sites excluding steroid dienone is 8. The zero-order valence-electron chi connectivity index (χ0n) is 15.0. The van der Waals surface area contributed by atoms with Crippen LogP contribution in [-0.2, 0) is 25.8 Å². The van der Waals surface area contributed by atoms with Gasteiger partial charge in [-0.3, -0.25) is 12.2 Å². The quantitative estimate of drug-likeness (QED) is 0.300. The van der Waals surface area contributed by atoms with Crippen molar-refractivity contribution in [3.8, 4) is 0 Å². The normalized spacial score (nSPS) is 16.7. The Labute approximate surface area is 184 Å². The molecule has 0 bridgehead atoms. The molecule has 3 heteroatoms. The molecular formula is C20H30Br2Hf. The first-order valence-corrected chi connectivity index (χ1v) is 8.23. The molecule has 0 heterocycles. The minimum atomic E-state index is 0. The maximum absolute atomic E-state index is 3.35. The maximum Gasteiger partial charge on any atom is 4.00 e. The topological polar surface area (TPSA) is 0 Å². The first kappa shape index (κ1) is 28.6. The Morgan fingerprint density at radius 2 is 1.17 bits per heavy atom. The standard InChI is InChI=1S/2C10H15.2BrH.Hf/c2*1-3-6-9(2)10-7-4-5-8-10;;;/h2*4,7,9H,3,5-6H2,1-2H3;2*1H;/q2*-1;;;+4/p-2. The van der Waals surface area contributed by atoms with Crippen LogP contribution >= 0.6 is 0 Å². The van der Waals surface area contributed by atoms with Gasteiger partial charge in [0.1, 0.15) is 0 Å². The molecule has 0 aromatic carbocycles. The summed E-state index contributed by atoms with van der Waals surface area (Å²) in [5.41, 5.74) is 2.84. The van der Waals surface area contributed by atoms with E-state index in [-0.39, 0.29) is 59.8 Å². The summed E-state index contributed by atoms with van der Waals surface area (Å²) in [7, 11) is 0. The predicted molar refractivity (Wildman–Crippen MR) is 89.2 cm³/mol. The zero-order chi connectivity index (χ0) is 14.8. The van der Waals surface area contributed by atoms with Crippen molar-refractivity contribution in [3.63, 3.8) is 0 Å². The molecule has 0 aromatic heterocycles. The number of hydrogen-bond acceptors (Lipinski definition) is 0. The molecule has 0 N–H and O–H groups in total. The Balaban J connectivity index is -0.000000308. The molecule has 2 aliphatic carbocycles. The van der Waals surface area contributed by atoms with E-state index in [4.69, 9.17) is 0 Å². The van der Waals surface area contributed by atoms with Gasteiger partial charge in [0, 0.05) is 0 Å². The van der Waals surface area contributed by atoms with Crippen molar-refractivity contribution in [3.05, 3.63) is 47.6 Å². The Bertz CT molecular complexity index is 356. The van der Waals surface area contributed by atoms with Crippen LogP contribution in [0, 0.1) is 24.0 Å². The average molecular weight is 609 g/mol. The molecule has 128 valence electrons. The van der Waals surface area contributed by atoms with Crippen LogP contribution in [0.15, 0.2) is 35.5 Å². The van der Waals surface area contributed by atoms with Gasteiger partial charge < -0.3 is 34.0 Å². The average Bonchev–Trinajstić information content (AvgIpc) is 3.14. The van der Waals surface area contributed by atoms with Gasteiger partial charge in [-0.1, -0.05) is 52.4 Å². The van der Waals surface area contributed by atoms with Gasteiger partial charge >= 0.3 is 25.8 Å². The number of hydrogen-bond donors (Lipinski definition) is 0. The molecule has 0 nitrogen and oxygen atoms in total. The van der Waals surface area contributed by atoms with Crippen LogP contribution in [0.4, 0.5) is 0 Å². The predicted octanol–water partition coefficient (Wildman–Crippen LogP) is 0.230. The summed E-state index contributed by atoms with van der Waals surface area (Å²) in [6.45, 7) is 9.02. The number of halogens is 2. The fourth-order valence-corrected chi connectivity index (χ4v) is 2.70. The molecule has 2 aliphatic rings. The van der Waals surface area contributed by atoms with Crippen LogP contribution in [0.5, 0.6) is 0 Å². The van der Waals surface area contributed by atoms with E-state index in [1.54, 1.807) is 0 Å². The summed E-state index contributed by atoms with van der Waals surface area (Å²) >= 11 is 0. The van der Waals surface area contributed by atoms with Crippen molar-refractivity contribution in [1.29, 1.82) is 0 Å². The molecule has 0 radical (unpaired) electrons. The molecule has 2 atom stereocenters. The van der Waals surface area contributed by atoms with Crippen molar-refractivity contribution in [2.45, 2.75) is 66.2 Å². The van der Waals surface area contributed by atoms with E-state index in [9.17, 15) is 0 Å². The second kappa shape index (κ2) is 17.6. The van der Waals surface area contributed by atoms with Crippen LogP contribution in [0.25, 0.3) is 0 Å². The van der Waals surface area contributed by atoms with Crippen molar-refractivity contribution >= 4 is 0 Å². The molecule has 2 rings (SSSR count). The monoisotopic (exact) mass is 608 g/mol. The van der Waals surface area contributed by atoms with Crippen molar-refractivity contribution < 1.29 is 59.8 Å². The Hall–Kier alpha value is 0.790. The zero-order valence-corrected chi connectivity index (χ0v) is 21.7. The summed E-state index contributed by atoms with van der Waals surface area (Å²) in [5.74, 6) is 1.45. The summed E-state index contributed by atoms with van der Waals surface area (Å²) in [5, 5.41) is 0. The molecule has 0 amide bonds. The van der Waals surface area contributed by atoms with Gasteiger partial charge in [0.05, 0.1) is 0 Å². The smallest absolute Gasteiger partial charge is 1.00 e. The van der Waals surface area contributed by atoms with Crippen molar-refractivity contribution in [2.24, 2.45) is 11.8 Å². The SMILES string of the molecule is CCCC(C)C1=[C-]CC=C1.CCCC(C)C1=[C-]CC=C1.[Br-].[Br-].[Hf+4]. The Morgan fingerprint density at radius 3 is 1.39 bits per heavy atom. The summed E-state index contributed by atoms with van der Waals surface area (Å²) in [4.78, 5) is 0. The third kappa shape index (κ3) is 11.9. The fourth-order valence-electron chi connectivity index (χ4n) is 2.70. The molecule has 23 heavy (non-hydrogen) atoms. The first-order valence-electron chi connectivity index (χ1n) is 8.23. The third-order valence-corrected chi connectivity index (χ3v) is 3.95. The van der Waals surface area contributed by atoms with E-state index in [2.05, 4.69) is 64.2 Å². The molecule has 0 spiro atoms. The van der Waals surface area contributed by atoms with Gasteiger partial charge in [0.25, 0.3) is 0 Å². The van der Waals surface area contributed by atoms with Crippen molar-refractivity contribution in [1.82, 2.24) is 0 Å². The molecular weight excluding hydrogens is 579 g/mol. The second-order valence-corrected chi connectivity index (χ2v) is 5.86. The van der Waals surface area contributed by atoms with Gasteiger partial charge in [0.2, 0.25) is 0 Å². The van der Waals surface area contributed by atoms with Crippen LogP contribution in [0.2, 0.25) is 0 Å². The second-order valence-electron chi connectivity index (χ2n) is 5.86. The Morgan fingerprint density at radius 1 is 0.826 bits per heavy atom. The molecule has 0 aliphatic heterocycles. The van der Waals surface area contributed by atoms with E-state index in [1.807, 2.05) is 0 Å². The van der Waals surface area contributed by atoms with Crippen LogP contribution in [0.1, 0.15) is 66.2 Å². The first-order chi connectivity index (χ1) is 9.69. The summed E-state index contributed by atoms with van der Waals surface area (Å²) < 4.78 is 0. The molecule has 0 saturated heterocycles. The van der Waals surface area contributed by atoms with E-state index in [0.29, 0.717) is 0 Å². The van der Waals surface area contributed by atoms with Crippen molar-refractivity contribution in [2.75, 3.05) is 0 Å². The fraction of sp³-hybridized carbons (Fsp3) is 0.600. The third-order valence-electron chi connectivity index (χ3n) is 3.95. The van der Waals surface area contributed by atoms with Crippen LogP contribution in [0.3, 0.4) is 0 Å². The van der Waals surface area contributed by atoms with E-state index < -0.39 is 0 Å². The van der Waals surface area contributed by atoms with E-state index in [1.165, 1.54) is 36.8 Å². The largest absolute Gasteiger partial charge is 4.00 e. The van der Waals surface area contributed by atoms with Gasteiger partial charge in [-0.25, -0.2) is 23.3 Å². The molecule has 0 saturated carbocycles. The molecule has 0 fully saturated rings. The van der Waals surface area contributed by atoms with Gasteiger partial charge in [-0.15, -0.1) is 12.8 Å².